The molecule has 1 aromatic carbocycles. The van der Waals surface area contributed by atoms with Gasteiger partial charge in [-0.25, -0.2) is 0 Å². The lowest BCUT2D eigenvalue weighted by molar-refractivity contribution is -0.122. The topological polar surface area (TPSA) is 51.1 Å². The average molecular weight is 258 g/mol. The van der Waals surface area contributed by atoms with Crippen LogP contribution in [0.25, 0.3) is 10.8 Å². The molecule has 1 aromatic heterocycles. The number of benzene rings is 1. The van der Waals surface area contributed by atoms with Crippen LogP contribution in [0.15, 0.2) is 41.3 Å². The zero-order valence-electron chi connectivity index (χ0n) is 11.2. The van der Waals surface area contributed by atoms with E-state index in [1.54, 1.807) is 12.3 Å². The lowest BCUT2D eigenvalue weighted by Gasteiger charge is -2.12. The molecule has 1 amide bonds. The van der Waals surface area contributed by atoms with Crippen LogP contribution in [-0.2, 0) is 11.3 Å². The standard InChI is InChI=1S/C15H18N2O2/c1-3-11(2)16-14(18)10-17-9-8-12-6-4-5-7-13(12)15(17)19/h4-9,11H,3,10H2,1-2H3,(H,16,18). The van der Waals surface area contributed by atoms with Gasteiger partial charge in [-0.3, -0.25) is 9.59 Å². The number of rotatable bonds is 4. The van der Waals surface area contributed by atoms with E-state index in [1.807, 2.05) is 38.1 Å². The highest BCUT2D eigenvalue weighted by atomic mass is 16.2. The first-order valence-electron chi connectivity index (χ1n) is 6.49. The van der Waals surface area contributed by atoms with Gasteiger partial charge in [-0.15, -0.1) is 0 Å². The number of nitrogens with one attached hydrogen (secondary N) is 1. The molecule has 0 saturated carbocycles. The second kappa shape index (κ2) is 5.69. The van der Waals surface area contributed by atoms with Crippen LogP contribution in [0, 0.1) is 0 Å². The summed E-state index contributed by atoms with van der Waals surface area (Å²) < 4.78 is 1.44. The van der Waals surface area contributed by atoms with E-state index in [4.69, 9.17) is 0 Å². The van der Waals surface area contributed by atoms with Crippen molar-refractivity contribution in [2.45, 2.75) is 32.9 Å². The van der Waals surface area contributed by atoms with Gasteiger partial charge >= 0.3 is 0 Å². The first-order chi connectivity index (χ1) is 9.11. The molecule has 0 aliphatic heterocycles. The lowest BCUT2D eigenvalue weighted by Crippen LogP contribution is -2.36. The maximum atomic E-state index is 12.2. The minimum Gasteiger partial charge on any atom is -0.352 e. The Bertz CT molecular complexity index is 646. The Morgan fingerprint density at radius 3 is 2.79 bits per heavy atom. The van der Waals surface area contributed by atoms with Gasteiger partial charge in [0.15, 0.2) is 0 Å². The van der Waals surface area contributed by atoms with Crippen molar-refractivity contribution in [2.24, 2.45) is 0 Å². The zero-order chi connectivity index (χ0) is 13.8. The van der Waals surface area contributed by atoms with E-state index in [0.29, 0.717) is 5.39 Å². The predicted octanol–water partition coefficient (Wildman–Crippen LogP) is 1.92. The third-order valence-corrected chi connectivity index (χ3v) is 3.22. The number of amides is 1. The molecule has 1 unspecified atom stereocenters. The predicted molar refractivity (Wildman–Crippen MR) is 76.1 cm³/mol. The smallest absolute Gasteiger partial charge is 0.258 e. The largest absolute Gasteiger partial charge is 0.352 e. The average Bonchev–Trinajstić information content (AvgIpc) is 2.42. The summed E-state index contributed by atoms with van der Waals surface area (Å²) in [6.07, 6.45) is 2.54. The zero-order valence-corrected chi connectivity index (χ0v) is 11.2. The Morgan fingerprint density at radius 2 is 2.05 bits per heavy atom. The first-order valence-corrected chi connectivity index (χ1v) is 6.49. The van der Waals surface area contributed by atoms with Crippen LogP contribution in [0.3, 0.4) is 0 Å². The summed E-state index contributed by atoms with van der Waals surface area (Å²) in [6, 6.07) is 9.37. The molecule has 1 N–H and O–H groups in total. The fourth-order valence-electron chi connectivity index (χ4n) is 1.93. The van der Waals surface area contributed by atoms with E-state index in [1.165, 1.54) is 4.57 Å². The van der Waals surface area contributed by atoms with Crippen LogP contribution in [-0.4, -0.2) is 16.5 Å². The summed E-state index contributed by atoms with van der Waals surface area (Å²) in [5, 5.41) is 4.39. The van der Waals surface area contributed by atoms with Crippen molar-refractivity contribution < 1.29 is 4.79 Å². The number of pyridine rings is 1. The van der Waals surface area contributed by atoms with Crippen molar-refractivity contribution in [3.05, 3.63) is 46.9 Å². The minimum atomic E-state index is -0.133. The van der Waals surface area contributed by atoms with Gasteiger partial charge in [-0.05, 0) is 30.9 Å². The Hall–Kier alpha value is -2.10. The highest BCUT2D eigenvalue weighted by molar-refractivity contribution is 5.82. The maximum absolute atomic E-state index is 12.2. The molecule has 0 spiro atoms. The normalized spacial score (nSPS) is 12.3. The number of aromatic nitrogens is 1. The molecule has 19 heavy (non-hydrogen) atoms. The van der Waals surface area contributed by atoms with E-state index in [2.05, 4.69) is 5.32 Å². The summed E-state index contributed by atoms with van der Waals surface area (Å²) in [7, 11) is 0. The lowest BCUT2D eigenvalue weighted by atomic mass is 10.2. The molecule has 2 aromatic rings. The summed E-state index contributed by atoms with van der Waals surface area (Å²) in [4.78, 5) is 24.0. The molecular weight excluding hydrogens is 240 g/mol. The number of hydrogen-bond donors (Lipinski definition) is 1. The monoisotopic (exact) mass is 258 g/mol. The van der Waals surface area contributed by atoms with E-state index in [0.717, 1.165) is 11.8 Å². The number of hydrogen-bond acceptors (Lipinski definition) is 2. The van der Waals surface area contributed by atoms with Gasteiger partial charge < -0.3 is 9.88 Å². The number of nitrogens with zero attached hydrogens (tertiary/aromatic N) is 1. The van der Waals surface area contributed by atoms with Gasteiger partial charge in [0.05, 0.1) is 0 Å². The molecule has 100 valence electrons. The summed E-state index contributed by atoms with van der Waals surface area (Å²) >= 11 is 0. The van der Waals surface area contributed by atoms with Gasteiger partial charge in [0.25, 0.3) is 5.56 Å². The van der Waals surface area contributed by atoms with Crippen LogP contribution < -0.4 is 10.9 Å². The Morgan fingerprint density at radius 1 is 1.32 bits per heavy atom. The summed E-state index contributed by atoms with van der Waals surface area (Å²) in [6.45, 7) is 4.02. The molecule has 0 fully saturated rings. The van der Waals surface area contributed by atoms with Crippen LogP contribution in [0.5, 0.6) is 0 Å². The molecular formula is C15H18N2O2. The number of carbonyl (C=O) groups is 1. The van der Waals surface area contributed by atoms with Gasteiger partial charge in [0, 0.05) is 17.6 Å². The van der Waals surface area contributed by atoms with E-state index < -0.39 is 0 Å². The van der Waals surface area contributed by atoms with Crippen LogP contribution in [0.4, 0.5) is 0 Å². The SMILES string of the molecule is CCC(C)NC(=O)Cn1ccc2ccccc2c1=O. The van der Waals surface area contributed by atoms with Gasteiger partial charge in [-0.2, -0.15) is 0 Å². The van der Waals surface area contributed by atoms with Gasteiger partial charge in [-0.1, -0.05) is 25.1 Å². The molecule has 1 heterocycles. The Labute approximate surface area is 112 Å². The van der Waals surface area contributed by atoms with Crippen LogP contribution in [0.1, 0.15) is 20.3 Å². The third-order valence-electron chi connectivity index (χ3n) is 3.22. The minimum absolute atomic E-state index is 0.0635. The summed E-state index contributed by atoms with van der Waals surface area (Å²) in [5.74, 6) is -0.133. The molecule has 1 atom stereocenters. The molecule has 0 bridgehead atoms. The molecule has 0 radical (unpaired) electrons. The second-order valence-electron chi connectivity index (χ2n) is 4.71. The third kappa shape index (κ3) is 3.02. The summed E-state index contributed by atoms with van der Waals surface area (Å²) in [5.41, 5.74) is -0.127. The quantitative estimate of drug-likeness (QED) is 0.910. The van der Waals surface area contributed by atoms with E-state index >= 15 is 0 Å². The van der Waals surface area contributed by atoms with E-state index in [9.17, 15) is 9.59 Å². The Kier molecular flexibility index (Phi) is 4.00. The van der Waals surface area contributed by atoms with Crippen molar-refractivity contribution in [1.29, 1.82) is 0 Å². The van der Waals surface area contributed by atoms with Crippen molar-refractivity contribution in [3.8, 4) is 0 Å². The van der Waals surface area contributed by atoms with Gasteiger partial charge in [0.2, 0.25) is 5.91 Å². The maximum Gasteiger partial charge on any atom is 0.258 e. The molecule has 0 aliphatic rings. The Balaban J connectivity index is 2.24. The number of carbonyl (C=O) groups excluding carboxylic acids is 1. The van der Waals surface area contributed by atoms with Crippen LogP contribution >= 0.6 is 0 Å². The highest BCUT2D eigenvalue weighted by Crippen LogP contribution is 2.07. The van der Waals surface area contributed by atoms with E-state index in [-0.39, 0.29) is 24.1 Å². The van der Waals surface area contributed by atoms with Crippen LogP contribution in [0.2, 0.25) is 0 Å². The molecule has 0 aliphatic carbocycles. The molecule has 0 saturated heterocycles. The fourth-order valence-corrected chi connectivity index (χ4v) is 1.93. The fraction of sp³-hybridized carbons (Fsp3) is 0.333. The number of fused-ring (bicyclic) bond motifs is 1. The first kappa shape index (κ1) is 13.3. The highest BCUT2D eigenvalue weighted by Gasteiger charge is 2.08. The van der Waals surface area contributed by atoms with Crippen molar-refractivity contribution >= 4 is 16.7 Å². The second-order valence-corrected chi connectivity index (χ2v) is 4.71. The van der Waals surface area contributed by atoms with Crippen molar-refractivity contribution in [3.63, 3.8) is 0 Å². The molecule has 4 nitrogen and oxygen atoms in total. The molecule has 4 heteroatoms. The van der Waals surface area contributed by atoms with Crippen molar-refractivity contribution in [1.82, 2.24) is 9.88 Å². The van der Waals surface area contributed by atoms with Crippen molar-refractivity contribution in [2.75, 3.05) is 0 Å². The molecule has 2 rings (SSSR count). The van der Waals surface area contributed by atoms with Gasteiger partial charge in [0.1, 0.15) is 6.54 Å².